The van der Waals surface area contributed by atoms with Crippen molar-refractivity contribution in [1.82, 2.24) is 4.90 Å². The second-order valence-electron chi connectivity index (χ2n) is 6.66. The number of nitrogens with two attached hydrogens (primary N) is 1. The predicted octanol–water partition coefficient (Wildman–Crippen LogP) is 2.20. The number of carbonyl (C=O) groups excluding carboxylic acids is 2. The lowest BCUT2D eigenvalue weighted by atomic mass is 10.1. The van der Waals surface area contributed by atoms with Crippen molar-refractivity contribution >= 4 is 23.2 Å². The summed E-state index contributed by atoms with van der Waals surface area (Å²) in [7, 11) is 1.76. The van der Waals surface area contributed by atoms with Gasteiger partial charge in [-0.3, -0.25) is 14.6 Å². The highest BCUT2D eigenvalue weighted by atomic mass is 16.2. The van der Waals surface area contributed by atoms with Crippen LogP contribution in [-0.2, 0) is 16.0 Å². The maximum atomic E-state index is 12.7. The van der Waals surface area contributed by atoms with E-state index in [-0.39, 0.29) is 12.3 Å². The van der Waals surface area contributed by atoms with Crippen LogP contribution in [0.3, 0.4) is 0 Å². The normalized spacial score (nSPS) is 16.1. The third-order valence-corrected chi connectivity index (χ3v) is 4.65. The lowest BCUT2D eigenvalue weighted by Crippen LogP contribution is -2.40. The fourth-order valence-corrected chi connectivity index (χ4v) is 3.17. The van der Waals surface area contributed by atoms with Crippen molar-refractivity contribution < 1.29 is 9.59 Å². The van der Waals surface area contributed by atoms with Crippen LogP contribution in [0.15, 0.2) is 65.8 Å². The monoisotopic (exact) mass is 364 g/mol. The number of primary amides is 1. The van der Waals surface area contributed by atoms with Crippen molar-refractivity contribution in [1.29, 1.82) is 0 Å². The maximum absolute atomic E-state index is 12.7. The molecular formula is C21H24N4O2. The summed E-state index contributed by atoms with van der Waals surface area (Å²) < 4.78 is 0. The molecule has 1 aliphatic heterocycles. The van der Waals surface area contributed by atoms with E-state index in [1.807, 2.05) is 48.5 Å². The number of hydrazone groups is 1. The topological polar surface area (TPSA) is 79.0 Å². The highest BCUT2D eigenvalue weighted by Gasteiger charge is 2.35. The molecule has 0 saturated heterocycles. The van der Waals surface area contributed by atoms with E-state index in [9.17, 15) is 9.59 Å². The van der Waals surface area contributed by atoms with Gasteiger partial charge in [0.05, 0.1) is 5.69 Å². The molecule has 6 nitrogen and oxygen atoms in total. The molecule has 1 unspecified atom stereocenters. The molecule has 2 aromatic rings. The van der Waals surface area contributed by atoms with Crippen LogP contribution in [-0.4, -0.2) is 42.1 Å². The molecule has 0 radical (unpaired) electrons. The summed E-state index contributed by atoms with van der Waals surface area (Å²) in [4.78, 5) is 26.2. The van der Waals surface area contributed by atoms with E-state index >= 15 is 0 Å². The van der Waals surface area contributed by atoms with Crippen LogP contribution >= 0.6 is 0 Å². The first kappa shape index (κ1) is 18.6. The maximum Gasteiger partial charge on any atom is 0.269 e. The molecule has 1 atom stereocenters. The van der Waals surface area contributed by atoms with Crippen LogP contribution in [0.4, 0.5) is 5.69 Å². The van der Waals surface area contributed by atoms with E-state index in [1.54, 1.807) is 17.0 Å². The zero-order valence-electron chi connectivity index (χ0n) is 15.4. The number of amides is 2. The number of benzene rings is 2. The largest absolute Gasteiger partial charge is 0.368 e. The number of carbonyl (C=O) groups is 2. The van der Waals surface area contributed by atoms with Crippen molar-refractivity contribution in [3.8, 4) is 0 Å². The molecule has 0 fully saturated rings. The van der Waals surface area contributed by atoms with Gasteiger partial charge in [-0.05, 0) is 30.5 Å². The quantitative estimate of drug-likeness (QED) is 0.818. The molecule has 0 aromatic heterocycles. The molecule has 1 heterocycles. The van der Waals surface area contributed by atoms with Crippen molar-refractivity contribution in [3.05, 3.63) is 66.2 Å². The molecule has 140 valence electrons. The summed E-state index contributed by atoms with van der Waals surface area (Å²) in [5.41, 5.74) is 7.89. The van der Waals surface area contributed by atoms with Gasteiger partial charge in [-0.25, -0.2) is 0 Å². The Kier molecular flexibility index (Phi) is 5.86. The fourth-order valence-electron chi connectivity index (χ4n) is 3.17. The van der Waals surface area contributed by atoms with Crippen molar-refractivity contribution in [3.63, 3.8) is 0 Å². The standard InChI is InChI=1S/C21H24N4O2/c1-24(14-8-11-16-9-4-2-5-10-16)21(27)18-15-19(20(22)26)25(23-18)17-12-6-3-7-13-17/h2-7,9-10,12-13,19H,8,11,14-15H2,1H3,(H2,22,26). The fraction of sp³-hybridized carbons (Fsp3) is 0.286. The van der Waals surface area contributed by atoms with Crippen molar-refractivity contribution in [2.45, 2.75) is 25.3 Å². The van der Waals surface area contributed by atoms with Gasteiger partial charge >= 0.3 is 0 Å². The number of hydrogen-bond acceptors (Lipinski definition) is 4. The van der Waals surface area contributed by atoms with E-state index in [2.05, 4.69) is 17.2 Å². The van der Waals surface area contributed by atoms with Crippen LogP contribution in [0, 0.1) is 0 Å². The molecule has 6 heteroatoms. The molecule has 1 aliphatic rings. The summed E-state index contributed by atoms with van der Waals surface area (Å²) in [5.74, 6) is -0.648. The number of anilines is 1. The zero-order chi connectivity index (χ0) is 19.2. The average molecular weight is 364 g/mol. The molecule has 3 rings (SSSR count). The van der Waals surface area contributed by atoms with Crippen molar-refractivity contribution in [2.24, 2.45) is 10.8 Å². The van der Waals surface area contributed by atoms with Gasteiger partial charge in [0.1, 0.15) is 11.8 Å². The molecule has 0 spiro atoms. The van der Waals surface area contributed by atoms with Crippen LogP contribution in [0.1, 0.15) is 18.4 Å². The minimum Gasteiger partial charge on any atom is -0.368 e. The van der Waals surface area contributed by atoms with Crippen LogP contribution < -0.4 is 10.7 Å². The Labute approximate surface area is 159 Å². The molecule has 27 heavy (non-hydrogen) atoms. The van der Waals surface area contributed by atoms with E-state index in [0.717, 1.165) is 18.5 Å². The van der Waals surface area contributed by atoms with E-state index < -0.39 is 11.9 Å². The van der Waals surface area contributed by atoms with Gasteiger partial charge in [0.15, 0.2) is 0 Å². The SMILES string of the molecule is CN(CCCc1ccccc1)C(=O)C1=NN(c2ccccc2)C(C(N)=O)C1. The van der Waals surface area contributed by atoms with Gasteiger partial charge in [-0.2, -0.15) is 5.10 Å². The minimum absolute atomic E-state index is 0.159. The van der Waals surface area contributed by atoms with E-state index in [4.69, 9.17) is 5.73 Å². The van der Waals surface area contributed by atoms with Gasteiger partial charge in [-0.15, -0.1) is 0 Å². The minimum atomic E-state index is -0.635. The first-order valence-electron chi connectivity index (χ1n) is 9.06. The summed E-state index contributed by atoms with van der Waals surface area (Å²) in [6.07, 6.45) is 2.00. The van der Waals surface area contributed by atoms with Gasteiger partial charge in [0.25, 0.3) is 5.91 Å². The Hall–Kier alpha value is -3.15. The second kappa shape index (κ2) is 8.49. The Morgan fingerprint density at radius 2 is 1.74 bits per heavy atom. The third kappa shape index (κ3) is 4.53. The average Bonchev–Trinajstić information content (AvgIpc) is 3.14. The van der Waals surface area contributed by atoms with Crippen molar-refractivity contribution in [2.75, 3.05) is 18.6 Å². The van der Waals surface area contributed by atoms with E-state index in [1.165, 1.54) is 5.56 Å². The lowest BCUT2D eigenvalue weighted by molar-refractivity contribution is -0.123. The van der Waals surface area contributed by atoms with Crippen LogP contribution in [0.2, 0.25) is 0 Å². The van der Waals surface area contributed by atoms with Gasteiger partial charge in [0.2, 0.25) is 5.91 Å². The highest BCUT2D eigenvalue weighted by molar-refractivity contribution is 6.40. The number of aryl methyl sites for hydroxylation is 1. The number of rotatable bonds is 7. The summed E-state index contributed by atoms with van der Waals surface area (Å²) in [5, 5.41) is 5.96. The Balaban J connectivity index is 1.63. The van der Waals surface area contributed by atoms with Gasteiger partial charge in [0, 0.05) is 20.0 Å². The highest BCUT2D eigenvalue weighted by Crippen LogP contribution is 2.24. The summed E-state index contributed by atoms with van der Waals surface area (Å²) in [6.45, 7) is 0.624. The van der Waals surface area contributed by atoms with Crippen LogP contribution in [0.5, 0.6) is 0 Å². The first-order chi connectivity index (χ1) is 13.1. The Morgan fingerprint density at radius 1 is 1.11 bits per heavy atom. The molecule has 0 aliphatic carbocycles. The first-order valence-corrected chi connectivity index (χ1v) is 9.06. The lowest BCUT2D eigenvalue weighted by Gasteiger charge is -2.20. The van der Waals surface area contributed by atoms with Gasteiger partial charge in [-0.1, -0.05) is 48.5 Å². The Bertz CT molecular complexity index is 821. The number of nitrogens with zero attached hydrogens (tertiary/aromatic N) is 3. The molecule has 2 aromatic carbocycles. The number of hydrogen-bond donors (Lipinski definition) is 1. The molecule has 0 saturated carbocycles. The second-order valence-corrected chi connectivity index (χ2v) is 6.66. The smallest absolute Gasteiger partial charge is 0.269 e. The zero-order valence-corrected chi connectivity index (χ0v) is 15.4. The Morgan fingerprint density at radius 3 is 2.37 bits per heavy atom. The molecular weight excluding hydrogens is 340 g/mol. The molecule has 0 bridgehead atoms. The summed E-state index contributed by atoms with van der Waals surface area (Å²) in [6, 6.07) is 18.8. The summed E-state index contributed by atoms with van der Waals surface area (Å²) >= 11 is 0. The predicted molar refractivity (Wildman–Crippen MR) is 106 cm³/mol. The van der Waals surface area contributed by atoms with Crippen LogP contribution in [0.25, 0.3) is 0 Å². The molecule has 2 amide bonds. The van der Waals surface area contributed by atoms with Gasteiger partial charge < -0.3 is 10.6 Å². The third-order valence-electron chi connectivity index (χ3n) is 4.65. The number of para-hydroxylation sites is 1. The van der Waals surface area contributed by atoms with E-state index in [0.29, 0.717) is 12.3 Å². The molecule has 2 N–H and O–H groups in total.